The molecule has 2 aromatic rings. The Labute approximate surface area is 193 Å². The number of nitrogens with zero attached hydrogens (tertiary/aromatic N) is 5. The molecule has 1 amide bonds. The monoisotopic (exact) mass is 458 g/mol. The average molecular weight is 459 g/mol. The maximum absolute atomic E-state index is 13.1. The zero-order chi connectivity index (χ0) is 23.0. The van der Waals surface area contributed by atoms with Crippen LogP contribution in [0.2, 0.25) is 5.15 Å². The first-order valence-electron chi connectivity index (χ1n) is 11.3. The second kappa shape index (κ2) is 9.19. The van der Waals surface area contributed by atoms with Gasteiger partial charge in [-0.2, -0.15) is 4.98 Å². The number of hydrogen-bond donors (Lipinski definition) is 2. The summed E-state index contributed by atoms with van der Waals surface area (Å²) >= 11 is 6.50. The number of anilines is 2. The van der Waals surface area contributed by atoms with Crippen LogP contribution in [0.15, 0.2) is 6.20 Å². The highest BCUT2D eigenvalue weighted by Crippen LogP contribution is 2.42. The molecular formula is C23H31ClN6O2. The fourth-order valence-corrected chi connectivity index (χ4v) is 5.50. The lowest BCUT2D eigenvalue weighted by molar-refractivity contribution is -0.133. The van der Waals surface area contributed by atoms with Crippen LogP contribution in [-0.2, 0) is 17.8 Å². The predicted molar refractivity (Wildman–Crippen MR) is 125 cm³/mol. The van der Waals surface area contributed by atoms with Gasteiger partial charge in [-0.05, 0) is 49.8 Å². The van der Waals surface area contributed by atoms with E-state index in [4.69, 9.17) is 17.3 Å². The number of aromatic nitrogens is 3. The Morgan fingerprint density at radius 3 is 2.84 bits per heavy atom. The molecule has 0 spiro atoms. The normalized spacial score (nSPS) is 20.2. The van der Waals surface area contributed by atoms with Gasteiger partial charge in [0.05, 0.1) is 24.9 Å². The SMILES string of the molecule is CCc1c(C)cnc(CN2CC(CC(=O)N3CCCC3CO)c3c(Cl)nc(N)nc32)c1C. The number of aliphatic hydroxyl groups is 1. The number of nitrogen functional groups attached to an aromatic ring is 1. The maximum Gasteiger partial charge on any atom is 0.223 e. The largest absolute Gasteiger partial charge is 0.394 e. The number of amides is 1. The van der Waals surface area contributed by atoms with Crippen molar-refractivity contribution in [3.63, 3.8) is 0 Å². The number of likely N-dealkylation sites (tertiary alicyclic amines) is 1. The van der Waals surface area contributed by atoms with E-state index < -0.39 is 0 Å². The number of aryl methyl sites for hydroxylation is 1. The number of fused-ring (bicyclic) bond motifs is 1. The summed E-state index contributed by atoms with van der Waals surface area (Å²) in [6.45, 7) is 8.18. The van der Waals surface area contributed by atoms with E-state index in [1.54, 1.807) is 4.90 Å². The summed E-state index contributed by atoms with van der Waals surface area (Å²) in [7, 11) is 0. The van der Waals surface area contributed by atoms with Gasteiger partial charge in [-0.3, -0.25) is 9.78 Å². The fourth-order valence-electron chi connectivity index (χ4n) is 5.17. The lowest BCUT2D eigenvalue weighted by atomic mass is 9.99. The van der Waals surface area contributed by atoms with Crippen molar-refractivity contribution in [1.82, 2.24) is 19.9 Å². The molecule has 1 fully saturated rings. The average Bonchev–Trinajstić information content (AvgIpc) is 3.35. The van der Waals surface area contributed by atoms with Gasteiger partial charge in [-0.25, -0.2) is 4.98 Å². The molecule has 4 rings (SSSR count). The summed E-state index contributed by atoms with van der Waals surface area (Å²) in [5, 5.41) is 9.91. The molecule has 0 radical (unpaired) electrons. The Balaban J connectivity index is 1.62. The minimum atomic E-state index is -0.137. The highest BCUT2D eigenvalue weighted by molar-refractivity contribution is 6.30. The zero-order valence-corrected chi connectivity index (χ0v) is 19.7. The Hall–Kier alpha value is -2.45. The summed E-state index contributed by atoms with van der Waals surface area (Å²) < 4.78 is 0. The summed E-state index contributed by atoms with van der Waals surface area (Å²) in [6, 6.07) is -0.0931. The van der Waals surface area contributed by atoms with Crippen LogP contribution in [0.5, 0.6) is 0 Å². The van der Waals surface area contributed by atoms with Gasteiger partial charge in [0, 0.05) is 37.2 Å². The van der Waals surface area contributed by atoms with E-state index in [0.717, 1.165) is 30.5 Å². The quantitative estimate of drug-likeness (QED) is 0.640. The summed E-state index contributed by atoms with van der Waals surface area (Å²) in [6.07, 6.45) is 4.93. The smallest absolute Gasteiger partial charge is 0.223 e. The van der Waals surface area contributed by atoms with Crippen LogP contribution >= 0.6 is 11.6 Å². The van der Waals surface area contributed by atoms with E-state index in [9.17, 15) is 9.90 Å². The minimum Gasteiger partial charge on any atom is -0.394 e. The Morgan fingerprint density at radius 2 is 2.12 bits per heavy atom. The van der Waals surface area contributed by atoms with Crippen molar-refractivity contribution in [3.05, 3.63) is 39.3 Å². The molecule has 32 heavy (non-hydrogen) atoms. The third kappa shape index (κ3) is 4.13. The molecule has 0 saturated carbocycles. The van der Waals surface area contributed by atoms with Crippen molar-refractivity contribution < 1.29 is 9.90 Å². The molecule has 2 unspecified atom stereocenters. The van der Waals surface area contributed by atoms with E-state index in [1.165, 1.54) is 16.7 Å². The molecule has 8 nitrogen and oxygen atoms in total. The van der Waals surface area contributed by atoms with E-state index >= 15 is 0 Å². The van der Waals surface area contributed by atoms with E-state index in [-0.39, 0.29) is 30.4 Å². The van der Waals surface area contributed by atoms with Crippen LogP contribution in [0.3, 0.4) is 0 Å². The lowest BCUT2D eigenvalue weighted by Crippen LogP contribution is -2.38. The van der Waals surface area contributed by atoms with Crippen molar-refractivity contribution in [2.45, 2.75) is 65.0 Å². The molecule has 2 atom stereocenters. The molecule has 9 heteroatoms. The van der Waals surface area contributed by atoms with Gasteiger partial charge < -0.3 is 20.6 Å². The molecule has 2 aliphatic heterocycles. The van der Waals surface area contributed by atoms with Crippen LogP contribution in [0.25, 0.3) is 0 Å². The number of carbonyl (C=O) groups excluding carboxylic acids is 1. The molecule has 0 bridgehead atoms. The molecular weight excluding hydrogens is 428 g/mol. The number of nitrogens with two attached hydrogens (primary N) is 1. The van der Waals surface area contributed by atoms with Crippen LogP contribution in [0.1, 0.15) is 60.1 Å². The van der Waals surface area contributed by atoms with Crippen molar-refractivity contribution in [2.24, 2.45) is 0 Å². The van der Waals surface area contributed by atoms with Gasteiger partial charge >= 0.3 is 0 Å². The minimum absolute atomic E-state index is 0.00233. The molecule has 1 saturated heterocycles. The third-order valence-corrected chi connectivity index (χ3v) is 7.13. The van der Waals surface area contributed by atoms with Crippen molar-refractivity contribution >= 4 is 29.3 Å². The topological polar surface area (TPSA) is 108 Å². The Kier molecular flexibility index (Phi) is 6.53. The summed E-state index contributed by atoms with van der Waals surface area (Å²) in [5.41, 5.74) is 11.4. The standard InChI is InChI=1S/C23H31ClN6O2/c1-4-17-13(2)9-26-18(14(17)3)11-29-10-15(20-21(24)27-23(25)28-22(20)29)8-19(32)30-7-5-6-16(30)12-31/h9,15-16,31H,4-8,10-12H2,1-3H3,(H2,25,27,28). The van der Waals surface area contributed by atoms with Crippen molar-refractivity contribution in [1.29, 1.82) is 0 Å². The number of pyridine rings is 1. The Morgan fingerprint density at radius 1 is 1.34 bits per heavy atom. The molecule has 3 N–H and O–H groups in total. The first-order chi connectivity index (χ1) is 15.3. The third-order valence-electron chi connectivity index (χ3n) is 6.84. The van der Waals surface area contributed by atoms with Crippen LogP contribution in [0.4, 0.5) is 11.8 Å². The van der Waals surface area contributed by atoms with E-state index in [0.29, 0.717) is 37.0 Å². The van der Waals surface area contributed by atoms with Gasteiger partial charge in [0.15, 0.2) is 0 Å². The number of aliphatic hydroxyl groups excluding tert-OH is 1. The molecule has 2 aromatic heterocycles. The highest BCUT2D eigenvalue weighted by Gasteiger charge is 2.37. The van der Waals surface area contributed by atoms with Crippen molar-refractivity contribution in [3.8, 4) is 0 Å². The number of halogens is 1. The Bertz CT molecular complexity index is 1030. The van der Waals surface area contributed by atoms with Crippen LogP contribution in [0, 0.1) is 13.8 Å². The van der Waals surface area contributed by atoms with E-state index in [2.05, 4.69) is 40.6 Å². The lowest BCUT2D eigenvalue weighted by Gasteiger charge is -2.25. The van der Waals surface area contributed by atoms with Gasteiger partial charge in [-0.1, -0.05) is 18.5 Å². The molecule has 172 valence electrons. The van der Waals surface area contributed by atoms with Crippen LogP contribution < -0.4 is 10.6 Å². The second-order valence-corrected chi connectivity index (χ2v) is 9.16. The molecule has 2 aliphatic rings. The van der Waals surface area contributed by atoms with Crippen molar-refractivity contribution in [2.75, 3.05) is 30.3 Å². The predicted octanol–water partition coefficient (Wildman–Crippen LogP) is 2.76. The fraction of sp³-hybridized carbons (Fsp3) is 0.565. The van der Waals surface area contributed by atoms with E-state index in [1.807, 2.05) is 6.20 Å². The zero-order valence-electron chi connectivity index (χ0n) is 18.9. The number of rotatable bonds is 6. The summed E-state index contributed by atoms with van der Waals surface area (Å²) in [4.78, 5) is 30.3. The molecule has 4 heterocycles. The number of carbonyl (C=O) groups is 1. The van der Waals surface area contributed by atoms with Gasteiger partial charge in [0.2, 0.25) is 11.9 Å². The van der Waals surface area contributed by atoms with Gasteiger partial charge in [-0.15, -0.1) is 0 Å². The first kappa shape index (κ1) is 22.7. The second-order valence-electron chi connectivity index (χ2n) is 8.80. The maximum atomic E-state index is 13.1. The van der Waals surface area contributed by atoms with Gasteiger partial charge in [0.25, 0.3) is 0 Å². The molecule has 0 aliphatic carbocycles. The first-order valence-corrected chi connectivity index (χ1v) is 11.6. The highest BCUT2D eigenvalue weighted by atomic mass is 35.5. The van der Waals surface area contributed by atoms with Gasteiger partial charge in [0.1, 0.15) is 11.0 Å². The number of hydrogen-bond acceptors (Lipinski definition) is 7. The van der Waals surface area contributed by atoms with Crippen LogP contribution in [-0.4, -0.2) is 56.6 Å². The molecule has 0 aromatic carbocycles. The summed E-state index contributed by atoms with van der Waals surface area (Å²) in [5.74, 6) is 0.695.